The lowest BCUT2D eigenvalue weighted by Crippen LogP contribution is -2.45. The Kier molecular flexibility index (Phi) is 6.52. The van der Waals surface area contributed by atoms with Crippen LogP contribution >= 0.6 is 0 Å². The van der Waals surface area contributed by atoms with E-state index in [1.165, 1.54) is 12.1 Å². The topological polar surface area (TPSA) is 42.0 Å². The van der Waals surface area contributed by atoms with E-state index >= 15 is 0 Å². The smallest absolute Gasteiger partial charge is 0.236 e. The van der Waals surface area contributed by atoms with Crippen LogP contribution in [0.3, 0.4) is 0 Å². The fourth-order valence-electron chi connectivity index (χ4n) is 3.23. The number of halogens is 1. The number of rotatable bonds is 7. The van der Waals surface area contributed by atoms with Gasteiger partial charge in [-0.05, 0) is 43.3 Å². The lowest BCUT2D eigenvalue weighted by atomic mass is 10.1. The third-order valence-electron chi connectivity index (χ3n) is 5.16. The number of carbonyl (C=O) groups is 1. The van der Waals surface area contributed by atoms with Crippen LogP contribution in [-0.4, -0.2) is 55.1 Å². The van der Waals surface area contributed by atoms with Crippen molar-refractivity contribution in [3.8, 4) is 11.5 Å². The third kappa shape index (κ3) is 4.81. The predicted octanol–water partition coefficient (Wildman–Crippen LogP) is 3.51. The molecule has 0 aromatic heterocycles. The molecule has 6 heteroatoms. The van der Waals surface area contributed by atoms with Gasteiger partial charge >= 0.3 is 0 Å². The van der Waals surface area contributed by atoms with E-state index in [4.69, 9.17) is 9.47 Å². The Balaban J connectivity index is 1.56. The van der Waals surface area contributed by atoms with Crippen molar-refractivity contribution in [2.45, 2.75) is 26.0 Å². The van der Waals surface area contributed by atoms with Gasteiger partial charge in [-0.15, -0.1) is 0 Å². The molecule has 0 saturated carbocycles. The zero-order chi connectivity index (χ0) is 20.1. The minimum Gasteiger partial charge on any atom is -0.486 e. The quantitative estimate of drug-likeness (QED) is 0.730. The molecule has 2 unspecified atom stereocenters. The molecule has 1 aliphatic heterocycles. The number of hydrogen-bond donors (Lipinski definition) is 0. The van der Waals surface area contributed by atoms with Crippen molar-refractivity contribution in [2.75, 3.05) is 33.3 Å². The van der Waals surface area contributed by atoms with Gasteiger partial charge in [-0.1, -0.05) is 31.2 Å². The van der Waals surface area contributed by atoms with Crippen LogP contribution in [0, 0.1) is 5.82 Å². The van der Waals surface area contributed by atoms with Crippen molar-refractivity contribution in [1.29, 1.82) is 0 Å². The lowest BCUT2D eigenvalue weighted by molar-refractivity contribution is -0.133. The summed E-state index contributed by atoms with van der Waals surface area (Å²) < 4.78 is 24.9. The fourth-order valence-corrected chi connectivity index (χ4v) is 3.23. The third-order valence-corrected chi connectivity index (χ3v) is 5.16. The van der Waals surface area contributed by atoms with Crippen LogP contribution in [0.25, 0.3) is 0 Å². The number of nitrogens with zero attached hydrogens (tertiary/aromatic N) is 2. The molecule has 150 valence electrons. The zero-order valence-corrected chi connectivity index (χ0v) is 16.6. The predicted molar refractivity (Wildman–Crippen MR) is 106 cm³/mol. The monoisotopic (exact) mass is 386 g/mol. The molecule has 0 N–H and O–H groups in total. The van der Waals surface area contributed by atoms with Crippen LogP contribution in [-0.2, 0) is 4.79 Å². The summed E-state index contributed by atoms with van der Waals surface area (Å²) in [6, 6.07) is 13.7. The molecule has 28 heavy (non-hydrogen) atoms. The average Bonchev–Trinajstić information content (AvgIpc) is 2.72. The number of para-hydroxylation sites is 2. The van der Waals surface area contributed by atoms with Crippen molar-refractivity contribution in [3.05, 3.63) is 59.9 Å². The highest BCUT2D eigenvalue weighted by atomic mass is 19.1. The summed E-state index contributed by atoms with van der Waals surface area (Å²) in [4.78, 5) is 16.5. The van der Waals surface area contributed by atoms with Gasteiger partial charge in [0.25, 0.3) is 0 Å². The summed E-state index contributed by atoms with van der Waals surface area (Å²) >= 11 is 0. The van der Waals surface area contributed by atoms with Crippen molar-refractivity contribution < 1.29 is 18.7 Å². The molecule has 1 aliphatic rings. The normalized spacial score (nSPS) is 16.7. The zero-order valence-electron chi connectivity index (χ0n) is 16.6. The highest BCUT2D eigenvalue weighted by molar-refractivity contribution is 5.78. The molecule has 2 aromatic rings. The summed E-state index contributed by atoms with van der Waals surface area (Å²) in [6.45, 7) is 6.05. The van der Waals surface area contributed by atoms with E-state index < -0.39 is 0 Å². The number of fused-ring (bicyclic) bond motifs is 1. The Hall–Kier alpha value is -2.60. The van der Waals surface area contributed by atoms with Gasteiger partial charge in [0.2, 0.25) is 5.91 Å². The Labute approximate surface area is 165 Å². The number of amides is 1. The van der Waals surface area contributed by atoms with Crippen LogP contribution in [0.2, 0.25) is 0 Å². The van der Waals surface area contributed by atoms with Gasteiger partial charge in [0.05, 0.1) is 12.6 Å². The second-order valence-corrected chi connectivity index (χ2v) is 7.06. The van der Waals surface area contributed by atoms with E-state index in [0.717, 1.165) is 23.6 Å². The van der Waals surface area contributed by atoms with Crippen LogP contribution in [0.1, 0.15) is 25.5 Å². The van der Waals surface area contributed by atoms with Gasteiger partial charge in [0, 0.05) is 13.6 Å². The van der Waals surface area contributed by atoms with Crippen molar-refractivity contribution in [2.24, 2.45) is 0 Å². The molecule has 5 nitrogen and oxygen atoms in total. The van der Waals surface area contributed by atoms with E-state index in [1.54, 1.807) is 24.1 Å². The van der Waals surface area contributed by atoms with Crippen molar-refractivity contribution >= 4 is 5.91 Å². The first-order valence-corrected chi connectivity index (χ1v) is 9.60. The second-order valence-electron chi connectivity index (χ2n) is 7.06. The molecular formula is C22H27FN2O3. The molecule has 3 rings (SSSR count). The first kappa shape index (κ1) is 20.1. The molecule has 1 heterocycles. The lowest BCUT2D eigenvalue weighted by Gasteiger charge is -2.32. The Morgan fingerprint density at radius 1 is 1.18 bits per heavy atom. The minimum atomic E-state index is -0.279. The minimum absolute atomic E-state index is 0.0100. The molecule has 2 aromatic carbocycles. The fraction of sp³-hybridized carbons (Fsp3) is 0.409. The number of benzene rings is 2. The number of carbonyl (C=O) groups excluding carboxylic acids is 1. The number of likely N-dealkylation sites (N-methyl/N-ethyl adjacent to an activating group) is 2. The van der Waals surface area contributed by atoms with E-state index in [1.807, 2.05) is 38.1 Å². The first-order valence-electron chi connectivity index (χ1n) is 9.60. The van der Waals surface area contributed by atoms with Gasteiger partial charge < -0.3 is 14.4 Å². The van der Waals surface area contributed by atoms with Crippen LogP contribution in [0.4, 0.5) is 4.39 Å². The van der Waals surface area contributed by atoms with Crippen LogP contribution in [0.5, 0.6) is 11.5 Å². The van der Waals surface area contributed by atoms with E-state index in [-0.39, 0.29) is 23.9 Å². The van der Waals surface area contributed by atoms with E-state index in [0.29, 0.717) is 19.7 Å². The highest BCUT2D eigenvalue weighted by Crippen LogP contribution is 2.31. The molecule has 0 aliphatic carbocycles. The maximum atomic E-state index is 13.1. The Morgan fingerprint density at radius 2 is 1.86 bits per heavy atom. The number of hydrogen-bond acceptors (Lipinski definition) is 4. The van der Waals surface area contributed by atoms with Crippen molar-refractivity contribution in [3.63, 3.8) is 0 Å². The maximum Gasteiger partial charge on any atom is 0.236 e. The Morgan fingerprint density at radius 3 is 2.54 bits per heavy atom. The van der Waals surface area contributed by atoms with E-state index in [2.05, 4.69) is 4.90 Å². The van der Waals surface area contributed by atoms with Crippen LogP contribution < -0.4 is 9.47 Å². The molecule has 0 fully saturated rings. The van der Waals surface area contributed by atoms with Crippen molar-refractivity contribution in [1.82, 2.24) is 9.80 Å². The first-order chi connectivity index (χ1) is 13.5. The van der Waals surface area contributed by atoms with E-state index in [9.17, 15) is 9.18 Å². The largest absolute Gasteiger partial charge is 0.486 e. The highest BCUT2D eigenvalue weighted by Gasteiger charge is 2.25. The van der Waals surface area contributed by atoms with Gasteiger partial charge in [-0.25, -0.2) is 4.39 Å². The summed E-state index contributed by atoms with van der Waals surface area (Å²) in [6.07, 6.45) is -0.123. The summed E-state index contributed by atoms with van der Waals surface area (Å²) in [5.74, 6) is 1.23. The summed E-state index contributed by atoms with van der Waals surface area (Å²) in [5.41, 5.74) is 0.904. The molecule has 0 bridgehead atoms. The molecule has 0 saturated heterocycles. The molecule has 2 atom stereocenters. The molecule has 0 spiro atoms. The Bertz CT molecular complexity index is 797. The standard InChI is InChI=1S/C22H27FN2O3/c1-4-25(13-19-15-27-20-7-5-6-8-21(20)28-19)14-22(26)24(3)16(2)17-9-11-18(23)12-10-17/h5-12,16,19H,4,13-15H2,1-3H3. The summed E-state index contributed by atoms with van der Waals surface area (Å²) in [5, 5.41) is 0. The number of ether oxygens (including phenoxy) is 2. The van der Waals surface area contributed by atoms with Gasteiger partial charge in [0.1, 0.15) is 18.5 Å². The second kappa shape index (κ2) is 9.06. The van der Waals surface area contributed by atoms with Gasteiger partial charge in [0.15, 0.2) is 11.5 Å². The molecule has 1 amide bonds. The average molecular weight is 386 g/mol. The molecular weight excluding hydrogens is 359 g/mol. The summed E-state index contributed by atoms with van der Waals surface area (Å²) in [7, 11) is 1.78. The maximum absolute atomic E-state index is 13.1. The SMILES string of the molecule is CCN(CC(=O)N(C)C(C)c1ccc(F)cc1)CC1COc2ccccc2O1. The van der Waals surface area contributed by atoms with Gasteiger partial charge in [-0.3, -0.25) is 9.69 Å². The molecule has 0 radical (unpaired) electrons. The van der Waals surface area contributed by atoms with Gasteiger partial charge in [-0.2, -0.15) is 0 Å². The van der Waals surface area contributed by atoms with Crippen LogP contribution in [0.15, 0.2) is 48.5 Å².